The molecule has 1 aromatic carbocycles. The molecule has 1 saturated heterocycles. The first-order valence-corrected chi connectivity index (χ1v) is 7.72. The molecule has 2 aliphatic rings. The van der Waals surface area contributed by atoms with Gasteiger partial charge in [0.25, 0.3) is 0 Å². The van der Waals surface area contributed by atoms with E-state index in [4.69, 9.17) is 0 Å². The SMILES string of the molecule is CN1C(=O)C(NC(=O)N2CC(O)CC2CO)Cc2ccccc21. The Morgan fingerprint density at radius 2 is 2.13 bits per heavy atom. The molecule has 0 spiro atoms. The molecule has 0 radical (unpaired) electrons. The maximum absolute atomic E-state index is 12.4. The molecule has 1 aromatic rings. The van der Waals surface area contributed by atoms with E-state index in [1.165, 1.54) is 4.90 Å². The van der Waals surface area contributed by atoms with Crippen molar-refractivity contribution in [3.63, 3.8) is 0 Å². The molecule has 3 unspecified atom stereocenters. The lowest BCUT2D eigenvalue weighted by atomic mass is 9.98. The molecule has 2 heterocycles. The highest BCUT2D eigenvalue weighted by Gasteiger charge is 2.37. The van der Waals surface area contributed by atoms with Crippen molar-refractivity contribution in [3.8, 4) is 0 Å². The molecule has 0 saturated carbocycles. The highest BCUT2D eigenvalue weighted by atomic mass is 16.3. The summed E-state index contributed by atoms with van der Waals surface area (Å²) in [6.45, 7) is -0.0315. The number of likely N-dealkylation sites (N-methyl/N-ethyl adjacent to an activating group) is 1. The number of benzene rings is 1. The van der Waals surface area contributed by atoms with Crippen LogP contribution in [0.5, 0.6) is 0 Å². The zero-order valence-corrected chi connectivity index (χ0v) is 13.0. The molecule has 7 nitrogen and oxygen atoms in total. The van der Waals surface area contributed by atoms with Crippen molar-refractivity contribution in [1.82, 2.24) is 10.2 Å². The number of fused-ring (bicyclic) bond motifs is 1. The van der Waals surface area contributed by atoms with Crippen LogP contribution < -0.4 is 10.2 Å². The second-order valence-electron chi connectivity index (χ2n) is 6.11. The fourth-order valence-corrected chi connectivity index (χ4v) is 3.33. The lowest BCUT2D eigenvalue weighted by molar-refractivity contribution is -0.120. The molecule has 3 N–H and O–H groups in total. The van der Waals surface area contributed by atoms with Gasteiger partial charge >= 0.3 is 6.03 Å². The van der Waals surface area contributed by atoms with Gasteiger partial charge in [0.1, 0.15) is 6.04 Å². The molecule has 3 amide bonds. The van der Waals surface area contributed by atoms with Crippen LogP contribution in [-0.2, 0) is 11.2 Å². The predicted octanol–water partition coefficient (Wildman–Crippen LogP) is -0.289. The van der Waals surface area contributed by atoms with Gasteiger partial charge in [-0.05, 0) is 18.1 Å². The summed E-state index contributed by atoms with van der Waals surface area (Å²) in [7, 11) is 1.69. The average Bonchev–Trinajstić information content (AvgIpc) is 2.93. The van der Waals surface area contributed by atoms with Gasteiger partial charge in [0.2, 0.25) is 5.91 Å². The highest BCUT2D eigenvalue weighted by Crippen LogP contribution is 2.26. The van der Waals surface area contributed by atoms with E-state index in [1.807, 2.05) is 24.3 Å². The Kier molecular flexibility index (Phi) is 4.23. The molecule has 3 rings (SSSR count). The average molecular weight is 319 g/mol. The topological polar surface area (TPSA) is 93.1 Å². The summed E-state index contributed by atoms with van der Waals surface area (Å²) in [5.74, 6) is -0.169. The number of urea groups is 1. The Morgan fingerprint density at radius 3 is 2.87 bits per heavy atom. The van der Waals surface area contributed by atoms with Crippen molar-refractivity contribution in [2.24, 2.45) is 0 Å². The zero-order valence-electron chi connectivity index (χ0n) is 13.0. The number of anilines is 1. The Labute approximate surface area is 134 Å². The number of hydrogen-bond acceptors (Lipinski definition) is 4. The predicted molar refractivity (Wildman–Crippen MR) is 84.1 cm³/mol. The van der Waals surface area contributed by atoms with E-state index in [9.17, 15) is 19.8 Å². The zero-order chi connectivity index (χ0) is 16.6. The summed E-state index contributed by atoms with van der Waals surface area (Å²) in [5.41, 5.74) is 1.85. The number of carbonyl (C=O) groups excluding carboxylic acids is 2. The highest BCUT2D eigenvalue weighted by molar-refractivity contribution is 6.01. The van der Waals surface area contributed by atoms with Gasteiger partial charge in [-0.15, -0.1) is 0 Å². The van der Waals surface area contributed by atoms with Crippen LogP contribution in [0.25, 0.3) is 0 Å². The number of nitrogens with zero attached hydrogens (tertiary/aromatic N) is 2. The molecular formula is C16H21N3O4. The minimum atomic E-state index is -0.639. The molecule has 0 aliphatic carbocycles. The van der Waals surface area contributed by atoms with Gasteiger partial charge in [-0.2, -0.15) is 0 Å². The van der Waals surface area contributed by atoms with Gasteiger partial charge in [-0.3, -0.25) is 4.79 Å². The van der Waals surface area contributed by atoms with E-state index in [0.717, 1.165) is 11.3 Å². The number of para-hydroxylation sites is 1. The number of aliphatic hydroxyl groups is 2. The first-order valence-electron chi connectivity index (χ1n) is 7.72. The summed E-state index contributed by atoms with van der Waals surface area (Å²) >= 11 is 0. The largest absolute Gasteiger partial charge is 0.394 e. The fourth-order valence-electron chi connectivity index (χ4n) is 3.33. The first-order chi connectivity index (χ1) is 11.0. The lowest BCUT2D eigenvalue weighted by Crippen LogP contribution is -2.55. The standard InChI is InChI=1S/C16H21N3O4/c1-18-14-5-3-2-4-10(14)6-13(15(18)22)17-16(23)19-8-12(21)7-11(19)9-20/h2-5,11-13,20-21H,6-9H2,1H3,(H,17,23). The summed E-state index contributed by atoms with van der Waals surface area (Å²) in [5, 5.41) is 21.7. The van der Waals surface area contributed by atoms with Crippen molar-refractivity contribution in [2.45, 2.75) is 31.0 Å². The number of nitrogens with one attached hydrogen (secondary N) is 1. The van der Waals surface area contributed by atoms with Crippen LogP contribution in [-0.4, -0.2) is 65.4 Å². The second kappa shape index (κ2) is 6.17. The van der Waals surface area contributed by atoms with E-state index in [0.29, 0.717) is 12.8 Å². The minimum Gasteiger partial charge on any atom is -0.394 e. The van der Waals surface area contributed by atoms with E-state index >= 15 is 0 Å². The van der Waals surface area contributed by atoms with E-state index in [2.05, 4.69) is 5.32 Å². The molecule has 7 heteroatoms. The van der Waals surface area contributed by atoms with Crippen molar-refractivity contribution in [3.05, 3.63) is 29.8 Å². The molecule has 1 fully saturated rings. The quantitative estimate of drug-likeness (QED) is 0.698. The van der Waals surface area contributed by atoms with Gasteiger partial charge in [0.15, 0.2) is 0 Å². The molecular weight excluding hydrogens is 298 g/mol. The van der Waals surface area contributed by atoms with Crippen LogP contribution in [0.3, 0.4) is 0 Å². The maximum atomic E-state index is 12.4. The molecule has 2 aliphatic heterocycles. The van der Waals surface area contributed by atoms with E-state index < -0.39 is 24.2 Å². The Hall–Kier alpha value is -2.12. The molecule has 124 valence electrons. The number of carbonyl (C=O) groups is 2. The Bertz CT molecular complexity index is 621. The summed E-state index contributed by atoms with van der Waals surface area (Å²) in [4.78, 5) is 27.8. The van der Waals surface area contributed by atoms with Crippen molar-refractivity contribution < 1.29 is 19.8 Å². The van der Waals surface area contributed by atoms with Gasteiger partial charge in [-0.25, -0.2) is 4.79 Å². The number of amides is 3. The number of likely N-dealkylation sites (tertiary alicyclic amines) is 1. The van der Waals surface area contributed by atoms with Crippen LogP contribution in [0.4, 0.5) is 10.5 Å². The third-order valence-corrected chi connectivity index (χ3v) is 4.57. The van der Waals surface area contributed by atoms with Crippen molar-refractivity contribution >= 4 is 17.6 Å². The van der Waals surface area contributed by atoms with Crippen LogP contribution >= 0.6 is 0 Å². The lowest BCUT2D eigenvalue weighted by Gasteiger charge is -2.33. The van der Waals surface area contributed by atoms with Gasteiger partial charge in [0.05, 0.1) is 18.8 Å². The smallest absolute Gasteiger partial charge is 0.318 e. The molecule has 0 aromatic heterocycles. The van der Waals surface area contributed by atoms with Crippen LogP contribution in [0, 0.1) is 0 Å². The molecule has 23 heavy (non-hydrogen) atoms. The normalized spacial score (nSPS) is 27.1. The Balaban J connectivity index is 1.73. The van der Waals surface area contributed by atoms with Crippen LogP contribution in [0.1, 0.15) is 12.0 Å². The second-order valence-corrected chi connectivity index (χ2v) is 6.11. The van der Waals surface area contributed by atoms with Gasteiger partial charge in [0, 0.05) is 25.7 Å². The van der Waals surface area contributed by atoms with Crippen LogP contribution in [0.2, 0.25) is 0 Å². The first kappa shape index (κ1) is 15.8. The third kappa shape index (κ3) is 2.89. The number of hydrogen-bond donors (Lipinski definition) is 3. The van der Waals surface area contributed by atoms with Gasteiger partial charge in [-0.1, -0.05) is 18.2 Å². The van der Waals surface area contributed by atoms with Crippen LogP contribution in [0.15, 0.2) is 24.3 Å². The van der Waals surface area contributed by atoms with Crippen molar-refractivity contribution in [1.29, 1.82) is 0 Å². The number of aliphatic hydroxyl groups excluding tert-OH is 2. The summed E-state index contributed by atoms with van der Waals surface area (Å²) in [6.07, 6.45) is 0.152. The number of rotatable bonds is 2. The molecule has 3 atom stereocenters. The Morgan fingerprint density at radius 1 is 1.39 bits per heavy atom. The van der Waals surface area contributed by atoms with E-state index in [1.54, 1.807) is 11.9 Å². The fraction of sp³-hybridized carbons (Fsp3) is 0.500. The third-order valence-electron chi connectivity index (χ3n) is 4.57. The summed E-state index contributed by atoms with van der Waals surface area (Å²) < 4.78 is 0. The maximum Gasteiger partial charge on any atom is 0.318 e. The minimum absolute atomic E-state index is 0.169. The van der Waals surface area contributed by atoms with Crippen molar-refractivity contribution in [2.75, 3.05) is 25.1 Å². The molecule has 0 bridgehead atoms. The van der Waals surface area contributed by atoms with Gasteiger partial charge < -0.3 is 25.3 Å². The van der Waals surface area contributed by atoms with E-state index in [-0.39, 0.29) is 19.1 Å². The summed E-state index contributed by atoms with van der Waals surface area (Å²) in [6, 6.07) is 6.12. The number of β-amino-alcohol motifs (C(OH)–C–C–N with tert-alkyl or cyclic N) is 1. The monoisotopic (exact) mass is 319 g/mol.